The monoisotopic (exact) mass is 298 g/mol. The van der Waals surface area contributed by atoms with E-state index in [9.17, 15) is 0 Å². The first kappa shape index (κ1) is 21.2. The Morgan fingerprint density at radius 3 is 2.10 bits per heavy atom. The van der Waals surface area contributed by atoms with Gasteiger partial charge < -0.3 is 1.43 Å². The summed E-state index contributed by atoms with van der Waals surface area (Å²) in [6.07, 6.45) is 12.4. The molecule has 0 saturated heterocycles. The Morgan fingerprint density at radius 2 is 1.48 bits per heavy atom. The second-order valence-electron chi connectivity index (χ2n) is 6.40. The van der Waals surface area contributed by atoms with Crippen molar-refractivity contribution >= 4 is 0 Å². The van der Waals surface area contributed by atoms with Crippen LogP contribution in [0.25, 0.3) is 0 Å². The van der Waals surface area contributed by atoms with Gasteiger partial charge in [0.2, 0.25) is 0 Å². The van der Waals surface area contributed by atoms with Gasteiger partial charge in [-0.3, -0.25) is 0 Å². The molecule has 0 amide bonds. The molecule has 1 aromatic rings. The summed E-state index contributed by atoms with van der Waals surface area (Å²) >= 11 is 0. The smallest absolute Gasteiger partial charge is 1.00 e. The molecule has 21 heavy (non-hydrogen) atoms. The third kappa shape index (κ3) is 8.43. The summed E-state index contributed by atoms with van der Waals surface area (Å²) in [7, 11) is 0. The number of unbranched alkanes of at least 4 members (excludes halogenated alkanes) is 5. The number of rotatable bonds is 10. The predicted octanol–water partition coefficient (Wildman–Crippen LogP) is 4.05. The van der Waals surface area contributed by atoms with E-state index >= 15 is 0 Å². The van der Waals surface area contributed by atoms with Crippen molar-refractivity contribution in [2.45, 2.75) is 91.4 Å². The van der Waals surface area contributed by atoms with E-state index in [1.807, 2.05) is 0 Å². The first-order chi connectivity index (χ1) is 9.69. The number of aryl methyl sites for hydroxylation is 2. The SMILES string of the molecule is CCCCCCCC(CCCC)c1ccc(C)cc1C.[H-].[Na+]. The summed E-state index contributed by atoms with van der Waals surface area (Å²) in [5, 5.41) is 0. The van der Waals surface area contributed by atoms with Crippen molar-refractivity contribution in [2.24, 2.45) is 0 Å². The third-order valence-electron chi connectivity index (χ3n) is 4.43. The van der Waals surface area contributed by atoms with Crippen LogP contribution in [0.1, 0.15) is 95.7 Å². The van der Waals surface area contributed by atoms with Crippen molar-refractivity contribution in [3.05, 3.63) is 34.9 Å². The van der Waals surface area contributed by atoms with Gasteiger partial charge in [-0.05, 0) is 43.7 Å². The minimum atomic E-state index is 0. The molecule has 0 heterocycles. The van der Waals surface area contributed by atoms with E-state index in [1.165, 1.54) is 68.9 Å². The molecule has 0 fully saturated rings. The zero-order chi connectivity index (χ0) is 14.8. The average molecular weight is 298 g/mol. The van der Waals surface area contributed by atoms with Crippen molar-refractivity contribution in [2.75, 3.05) is 0 Å². The van der Waals surface area contributed by atoms with Crippen molar-refractivity contribution in [3.8, 4) is 0 Å². The van der Waals surface area contributed by atoms with Crippen molar-refractivity contribution in [1.82, 2.24) is 0 Å². The van der Waals surface area contributed by atoms with Crippen LogP contribution in [0.5, 0.6) is 0 Å². The van der Waals surface area contributed by atoms with E-state index in [0.717, 1.165) is 5.92 Å². The van der Waals surface area contributed by atoms with Gasteiger partial charge in [0.05, 0.1) is 0 Å². The number of hydrogen-bond acceptors (Lipinski definition) is 0. The van der Waals surface area contributed by atoms with E-state index < -0.39 is 0 Å². The van der Waals surface area contributed by atoms with Crippen LogP contribution >= 0.6 is 0 Å². The maximum Gasteiger partial charge on any atom is 1.00 e. The normalized spacial score (nSPS) is 12.0. The van der Waals surface area contributed by atoms with Crippen molar-refractivity contribution in [3.63, 3.8) is 0 Å². The van der Waals surface area contributed by atoms with Gasteiger partial charge in [0.1, 0.15) is 0 Å². The van der Waals surface area contributed by atoms with Gasteiger partial charge in [-0.1, -0.05) is 82.6 Å². The van der Waals surface area contributed by atoms with Crippen molar-refractivity contribution in [1.29, 1.82) is 0 Å². The quantitative estimate of drug-likeness (QED) is 0.451. The fourth-order valence-electron chi connectivity index (χ4n) is 3.18. The summed E-state index contributed by atoms with van der Waals surface area (Å²) in [6.45, 7) is 9.08. The van der Waals surface area contributed by atoms with E-state index in [0.29, 0.717) is 0 Å². The Bertz CT molecular complexity index is 376. The molecule has 1 rings (SSSR count). The maximum absolute atomic E-state index is 2.39. The summed E-state index contributed by atoms with van der Waals surface area (Å²) in [5.74, 6) is 0.789. The average Bonchev–Trinajstić information content (AvgIpc) is 2.43. The molecular formula is C20H35Na. The third-order valence-corrected chi connectivity index (χ3v) is 4.43. The molecule has 0 aromatic heterocycles. The van der Waals surface area contributed by atoms with Crippen LogP contribution in [0.3, 0.4) is 0 Å². The van der Waals surface area contributed by atoms with Gasteiger partial charge in [-0.25, -0.2) is 0 Å². The van der Waals surface area contributed by atoms with Gasteiger partial charge in [0.25, 0.3) is 0 Å². The van der Waals surface area contributed by atoms with Gasteiger partial charge in [0.15, 0.2) is 0 Å². The Morgan fingerprint density at radius 1 is 0.857 bits per heavy atom. The van der Waals surface area contributed by atoms with Crippen LogP contribution in [-0.4, -0.2) is 0 Å². The maximum atomic E-state index is 2.39. The summed E-state index contributed by atoms with van der Waals surface area (Å²) in [5.41, 5.74) is 4.50. The standard InChI is InChI=1S/C20H34.Na.H/c1-5-7-9-10-11-13-19(12-8-6-2)20-15-14-17(3)16-18(20)4;;/h14-16,19H,5-13H2,1-4H3;;/q;+1;-1. The molecule has 1 aromatic carbocycles. The van der Waals surface area contributed by atoms with Crippen LogP contribution in [0.2, 0.25) is 0 Å². The molecule has 0 N–H and O–H groups in total. The Kier molecular flexibility index (Phi) is 12.9. The molecule has 0 spiro atoms. The van der Waals surface area contributed by atoms with Gasteiger partial charge in [-0.2, -0.15) is 0 Å². The summed E-state index contributed by atoms with van der Waals surface area (Å²) < 4.78 is 0. The molecule has 1 unspecified atom stereocenters. The van der Waals surface area contributed by atoms with Crippen LogP contribution < -0.4 is 29.6 Å². The molecule has 0 saturated carbocycles. The van der Waals surface area contributed by atoms with Crippen LogP contribution in [0, 0.1) is 13.8 Å². The Balaban J connectivity index is 0. The van der Waals surface area contributed by atoms with Gasteiger partial charge >= 0.3 is 29.6 Å². The predicted molar refractivity (Wildman–Crippen MR) is 92.7 cm³/mol. The molecule has 0 aliphatic rings. The van der Waals surface area contributed by atoms with Crippen LogP contribution in [0.15, 0.2) is 18.2 Å². The summed E-state index contributed by atoms with van der Waals surface area (Å²) in [4.78, 5) is 0. The second-order valence-corrected chi connectivity index (χ2v) is 6.40. The van der Waals surface area contributed by atoms with E-state index in [4.69, 9.17) is 0 Å². The van der Waals surface area contributed by atoms with Crippen molar-refractivity contribution < 1.29 is 31.0 Å². The zero-order valence-electron chi connectivity index (χ0n) is 16.2. The molecule has 1 atom stereocenters. The fourth-order valence-corrected chi connectivity index (χ4v) is 3.18. The van der Waals surface area contributed by atoms with Gasteiger partial charge in [-0.15, -0.1) is 0 Å². The summed E-state index contributed by atoms with van der Waals surface area (Å²) in [6, 6.07) is 7.03. The van der Waals surface area contributed by atoms with E-state index in [2.05, 4.69) is 45.9 Å². The van der Waals surface area contributed by atoms with Crippen LogP contribution in [-0.2, 0) is 0 Å². The topological polar surface area (TPSA) is 0 Å². The molecule has 1 heteroatoms. The molecule has 0 radical (unpaired) electrons. The molecule has 0 nitrogen and oxygen atoms in total. The molecule has 0 aliphatic carbocycles. The fraction of sp³-hybridized carbons (Fsp3) is 0.700. The number of hydrogen-bond donors (Lipinski definition) is 0. The zero-order valence-corrected chi connectivity index (χ0v) is 17.2. The molecule has 0 aliphatic heterocycles. The second kappa shape index (κ2) is 12.7. The Labute approximate surface area is 156 Å². The largest absolute Gasteiger partial charge is 1.00 e. The number of benzene rings is 1. The van der Waals surface area contributed by atoms with E-state index in [1.54, 1.807) is 5.56 Å². The molecule has 116 valence electrons. The van der Waals surface area contributed by atoms with Gasteiger partial charge in [0, 0.05) is 0 Å². The van der Waals surface area contributed by atoms with E-state index in [-0.39, 0.29) is 31.0 Å². The minimum Gasteiger partial charge on any atom is -1.00 e. The minimum absolute atomic E-state index is 0. The first-order valence-corrected chi connectivity index (χ1v) is 8.76. The van der Waals surface area contributed by atoms with Crippen LogP contribution in [0.4, 0.5) is 0 Å². The molecule has 0 bridgehead atoms. The first-order valence-electron chi connectivity index (χ1n) is 8.76. The molecular weight excluding hydrogens is 263 g/mol. The Hall–Kier alpha value is 0.220.